The summed E-state index contributed by atoms with van der Waals surface area (Å²) >= 11 is 0. The summed E-state index contributed by atoms with van der Waals surface area (Å²) in [7, 11) is 0. The third-order valence-electron chi connectivity index (χ3n) is 9.14. The molecule has 2 saturated heterocycles. The van der Waals surface area contributed by atoms with Gasteiger partial charge in [-0.3, -0.25) is 4.79 Å². The fraction of sp³-hybridized carbons (Fsp3) is 0.343. The van der Waals surface area contributed by atoms with Crippen molar-refractivity contribution in [3.05, 3.63) is 125 Å². The first-order chi connectivity index (χ1) is 22.1. The molecule has 2 aromatic heterocycles. The highest BCUT2D eigenvalue weighted by Gasteiger charge is 2.34. The van der Waals surface area contributed by atoms with Crippen molar-refractivity contribution in [2.24, 2.45) is 0 Å². The molecule has 230 valence electrons. The van der Waals surface area contributed by atoms with Crippen molar-refractivity contribution in [1.29, 1.82) is 0 Å². The van der Waals surface area contributed by atoms with Crippen LogP contribution in [0, 0.1) is 5.82 Å². The Morgan fingerprint density at radius 1 is 0.844 bits per heavy atom. The summed E-state index contributed by atoms with van der Waals surface area (Å²) in [5.74, 6) is 0.975. The monoisotopic (exact) mass is 604 g/mol. The van der Waals surface area contributed by atoms with Crippen LogP contribution in [0.2, 0.25) is 0 Å². The van der Waals surface area contributed by atoms with Gasteiger partial charge in [0.25, 0.3) is 5.91 Å². The predicted octanol–water partition coefficient (Wildman–Crippen LogP) is 5.10. The Hall–Kier alpha value is -4.70. The number of tetrazole rings is 1. The van der Waals surface area contributed by atoms with Crippen molar-refractivity contribution in [3.63, 3.8) is 0 Å². The van der Waals surface area contributed by atoms with Crippen molar-refractivity contribution in [2.75, 3.05) is 32.7 Å². The maximum atomic E-state index is 14.0. The van der Waals surface area contributed by atoms with Gasteiger partial charge in [-0.15, -0.1) is 10.2 Å². The van der Waals surface area contributed by atoms with Gasteiger partial charge >= 0.3 is 0 Å². The molecule has 4 heterocycles. The molecule has 0 bridgehead atoms. The van der Waals surface area contributed by atoms with Gasteiger partial charge in [-0.25, -0.2) is 9.07 Å². The van der Waals surface area contributed by atoms with Gasteiger partial charge in [-0.05, 0) is 73.0 Å². The van der Waals surface area contributed by atoms with Crippen LogP contribution < -0.4 is 0 Å². The van der Waals surface area contributed by atoms with Gasteiger partial charge in [-0.1, -0.05) is 60.7 Å². The first-order valence-electron chi connectivity index (χ1n) is 15.8. The maximum Gasteiger partial charge on any atom is 0.257 e. The molecule has 0 N–H and O–H groups in total. The average molecular weight is 605 g/mol. The van der Waals surface area contributed by atoms with Crippen molar-refractivity contribution < 1.29 is 9.18 Å². The first-order valence-corrected chi connectivity index (χ1v) is 15.8. The van der Waals surface area contributed by atoms with Crippen molar-refractivity contribution in [3.8, 4) is 5.69 Å². The van der Waals surface area contributed by atoms with Crippen LogP contribution in [0.25, 0.3) is 5.69 Å². The minimum absolute atomic E-state index is 0.0314. The lowest BCUT2D eigenvalue weighted by molar-refractivity contribution is 0.0788. The number of piperidine rings is 1. The summed E-state index contributed by atoms with van der Waals surface area (Å²) in [6.45, 7) is 4.66. The smallest absolute Gasteiger partial charge is 0.257 e. The first kappa shape index (κ1) is 29.0. The Bertz CT molecular complexity index is 1710. The lowest BCUT2D eigenvalue weighted by Gasteiger charge is -2.32. The molecule has 0 saturated carbocycles. The molecule has 7 rings (SSSR count). The molecule has 10 heteroatoms. The molecule has 2 aliphatic heterocycles. The molecule has 5 aromatic rings. The molecule has 1 atom stereocenters. The predicted molar refractivity (Wildman–Crippen MR) is 169 cm³/mol. The number of likely N-dealkylation sites (tertiary alicyclic amines) is 2. The second-order valence-electron chi connectivity index (χ2n) is 12.1. The Morgan fingerprint density at radius 2 is 1.56 bits per heavy atom. The van der Waals surface area contributed by atoms with Crippen LogP contribution in [-0.2, 0) is 13.0 Å². The summed E-state index contributed by atoms with van der Waals surface area (Å²) < 4.78 is 15.7. The number of hydrogen-bond donors (Lipinski definition) is 0. The lowest BCUT2D eigenvalue weighted by atomic mass is 9.90. The Kier molecular flexibility index (Phi) is 8.46. The van der Waals surface area contributed by atoms with Crippen LogP contribution in [0.3, 0.4) is 0 Å². The SMILES string of the molecule is O=C(c1cnn(-c2ccc(F)cc2)c1C1CCN(CCc2nnn(Cc3ccccc3)n2)CC1)N1CC[C@H](c2ccccc2)C1. The third kappa shape index (κ3) is 6.56. The molecular formula is C35H37FN8O. The number of carbonyl (C=O) groups excluding carboxylic acids is 1. The van der Waals surface area contributed by atoms with E-state index in [-0.39, 0.29) is 17.6 Å². The largest absolute Gasteiger partial charge is 0.338 e. The van der Waals surface area contributed by atoms with Gasteiger partial charge in [0.15, 0.2) is 5.82 Å². The highest BCUT2D eigenvalue weighted by molar-refractivity contribution is 5.95. The minimum Gasteiger partial charge on any atom is -0.338 e. The number of amides is 1. The molecule has 45 heavy (non-hydrogen) atoms. The van der Waals surface area contributed by atoms with E-state index in [1.54, 1.807) is 23.1 Å². The van der Waals surface area contributed by atoms with Gasteiger partial charge in [-0.2, -0.15) is 9.90 Å². The summed E-state index contributed by atoms with van der Waals surface area (Å²) in [5, 5.41) is 17.8. The standard InChI is InChI=1S/C35H37FN8O/c36-30-11-13-31(14-12-30)44-34(32(23-37-44)35(45)42-22-17-29(25-42)27-9-5-2-6-10-27)28-15-19-41(20-16-28)21-18-33-38-40-43(39-33)24-26-7-3-1-4-8-26/h1-14,23,28-29H,15-22,24-25H2/t29-/m0/s1. The Morgan fingerprint density at radius 3 is 2.31 bits per heavy atom. The number of nitrogens with zero attached hydrogens (tertiary/aromatic N) is 8. The summed E-state index contributed by atoms with van der Waals surface area (Å²) in [4.78, 5) is 20.1. The van der Waals surface area contributed by atoms with E-state index in [9.17, 15) is 9.18 Å². The topological polar surface area (TPSA) is 85.0 Å². The van der Waals surface area contributed by atoms with E-state index in [0.717, 1.165) is 74.6 Å². The molecule has 1 amide bonds. The van der Waals surface area contributed by atoms with Gasteiger partial charge in [0.2, 0.25) is 0 Å². The highest BCUT2D eigenvalue weighted by atomic mass is 19.1. The van der Waals surface area contributed by atoms with Crippen LogP contribution in [0.15, 0.2) is 91.1 Å². The molecule has 0 aliphatic carbocycles. The fourth-order valence-corrected chi connectivity index (χ4v) is 6.69. The van der Waals surface area contributed by atoms with Crippen molar-refractivity contribution in [2.45, 2.75) is 44.1 Å². The number of rotatable bonds is 9. The quantitative estimate of drug-likeness (QED) is 0.233. The number of halogens is 1. The molecule has 0 radical (unpaired) electrons. The zero-order valence-corrected chi connectivity index (χ0v) is 25.2. The van der Waals surface area contributed by atoms with Crippen molar-refractivity contribution in [1.82, 2.24) is 39.8 Å². The van der Waals surface area contributed by atoms with Crippen LogP contribution in [-0.4, -0.2) is 78.4 Å². The van der Waals surface area contributed by atoms with E-state index in [1.807, 2.05) is 33.8 Å². The minimum atomic E-state index is -0.296. The van der Waals surface area contributed by atoms with Crippen molar-refractivity contribution >= 4 is 5.91 Å². The molecule has 2 fully saturated rings. The van der Waals surface area contributed by atoms with E-state index in [4.69, 9.17) is 5.10 Å². The van der Waals surface area contributed by atoms with Crippen LogP contribution >= 0.6 is 0 Å². The van der Waals surface area contributed by atoms with Crippen LogP contribution in [0.1, 0.15) is 64.1 Å². The van der Waals surface area contributed by atoms with E-state index in [0.29, 0.717) is 24.6 Å². The number of benzene rings is 3. The average Bonchev–Trinajstić information content (AvgIpc) is 3.86. The summed E-state index contributed by atoms with van der Waals surface area (Å²) in [6.07, 6.45) is 5.19. The second-order valence-corrected chi connectivity index (χ2v) is 12.1. The number of aromatic nitrogens is 6. The zero-order valence-electron chi connectivity index (χ0n) is 25.2. The zero-order chi connectivity index (χ0) is 30.6. The van der Waals surface area contributed by atoms with E-state index in [2.05, 4.69) is 56.7 Å². The fourth-order valence-electron chi connectivity index (χ4n) is 6.69. The van der Waals surface area contributed by atoms with E-state index in [1.165, 1.54) is 17.7 Å². The summed E-state index contributed by atoms with van der Waals surface area (Å²) in [6, 6.07) is 26.9. The summed E-state index contributed by atoms with van der Waals surface area (Å²) in [5.41, 5.74) is 4.77. The second kappa shape index (κ2) is 13.1. The van der Waals surface area contributed by atoms with E-state index >= 15 is 0 Å². The maximum absolute atomic E-state index is 14.0. The Labute approximate surface area is 262 Å². The van der Waals surface area contributed by atoms with Gasteiger partial charge in [0.1, 0.15) is 5.82 Å². The van der Waals surface area contributed by atoms with Gasteiger partial charge in [0.05, 0.1) is 29.7 Å². The normalized spacial score (nSPS) is 17.6. The highest BCUT2D eigenvalue weighted by Crippen LogP contribution is 2.34. The van der Waals surface area contributed by atoms with Gasteiger partial charge < -0.3 is 9.80 Å². The molecule has 0 spiro atoms. The third-order valence-corrected chi connectivity index (χ3v) is 9.14. The molecular weight excluding hydrogens is 567 g/mol. The van der Waals surface area contributed by atoms with E-state index < -0.39 is 0 Å². The molecule has 9 nitrogen and oxygen atoms in total. The van der Waals surface area contributed by atoms with Crippen LogP contribution in [0.5, 0.6) is 0 Å². The molecule has 3 aromatic carbocycles. The molecule has 2 aliphatic rings. The molecule has 0 unspecified atom stereocenters. The van der Waals surface area contributed by atoms with Crippen LogP contribution in [0.4, 0.5) is 4.39 Å². The Balaban J connectivity index is 1.03. The number of hydrogen-bond acceptors (Lipinski definition) is 6. The lowest BCUT2D eigenvalue weighted by Crippen LogP contribution is -2.36. The number of carbonyl (C=O) groups is 1. The van der Waals surface area contributed by atoms with Gasteiger partial charge in [0, 0.05) is 37.9 Å².